The van der Waals surface area contributed by atoms with E-state index in [0.717, 1.165) is 13.0 Å². The monoisotopic (exact) mass is 276 g/mol. The van der Waals surface area contributed by atoms with E-state index in [1.807, 2.05) is 0 Å². The first-order chi connectivity index (χ1) is 10.4. The number of nitrogens with one attached hydrogen (secondary N) is 2. The summed E-state index contributed by atoms with van der Waals surface area (Å²) in [6.07, 6.45) is 5.72. The molecule has 2 heteroatoms. The molecule has 0 saturated heterocycles. The van der Waals surface area contributed by atoms with E-state index >= 15 is 0 Å². The minimum absolute atomic E-state index is 0.591. The summed E-state index contributed by atoms with van der Waals surface area (Å²) in [6, 6.07) is 18.0. The minimum atomic E-state index is 0.591. The van der Waals surface area contributed by atoms with E-state index in [2.05, 4.69) is 65.0 Å². The van der Waals surface area contributed by atoms with Crippen molar-refractivity contribution < 1.29 is 0 Å². The molecule has 1 aliphatic carbocycles. The molecule has 2 N–H and O–H groups in total. The van der Waals surface area contributed by atoms with Crippen molar-refractivity contribution in [3.8, 4) is 0 Å². The molecule has 1 atom stereocenters. The van der Waals surface area contributed by atoms with Crippen molar-refractivity contribution in [3.05, 3.63) is 71.4 Å². The van der Waals surface area contributed by atoms with Crippen molar-refractivity contribution in [2.45, 2.75) is 31.8 Å². The summed E-state index contributed by atoms with van der Waals surface area (Å²) in [5.74, 6) is 0. The van der Waals surface area contributed by atoms with Gasteiger partial charge in [-0.2, -0.15) is 0 Å². The van der Waals surface area contributed by atoms with Gasteiger partial charge < -0.3 is 10.3 Å². The van der Waals surface area contributed by atoms with Crippen LogP contribution in [-0.4, -0.2) is 11.0 Å². The Labute approximate surface area is 125 Å². The molecule has 1 unspecified atom stereocenters. The summed E-state index contributed by atoms with van der Waals surface area (Å²) in [5.41, 5.74) is 5.63. The zero-order valence-corrected chi connectivity index (χ0v) is 12.1. The summed E-state index contributed by atoms with van der Waals surface area (Å²) < 4.78 is 0. The zero-order valence-electron chi connectivity index (χ0n) is 12.1. The first kappa shape index (κ1) is 12.7. The second kappa shape index (κ2) is 5.38. The molecule has 0 bridgehead atoms. The van der Waals surface area contributed by atoms with Crippen LogP contribution >= 0.6 is 0 Å². The topological polar surface area (TPSA) is 27.8 Å². The fourth-order valence-corrected chi connectivity index (χ4v) is 3.40. The molecule has 0 radical (unpaired) electrons. The third-order valence-corrected chi connectivity index (χ3v) is 4.60. The lowest BCUT2D eigenvalue weighted by atomic mass is 9.88. The van der Waals surface area contributed by atoms with Crippen LogP contribution in [0.1, 0.15) is 23.1 Å². The van der Waals surface area contributed by atoms with Gasteiger partial charge in [0.05, 0.1) is 0 Å². The molecule has 3 aromatic rings. The van der Waals surface area contributed by atoms with Crippen molar-refractivity contribution in [2.75, 3.05) is 0 Å². The Hall–Kier alpha value is -2.06. The second-order valence-electron chi connectivity index (χ2n) is 5.95. The normalized spacial score (nSPS) is 17.8. The first-order valence-corrected chi connectivity index (χ1v) is 7.75. The van der Waals surface area contributed by atoms with Gasteiger partial charge in [-0.05, 0) is 42.0 Å². The van der Waals surface area contributed by atoms with E-state index in [4.69, 9.17) is 0 Å². The first-order valence-electron chi connectivity index (χ1n) is 7.75. The van der Waals surface area contributed by atoms with Crippen LogP contribution in [0.4, 0.5) is 0 Å². The summed E-state index contributed by atoms with van der Waals surface area (Å²) >= 11 is 0. The molecule has 1 aliphatic rings. The Kier molecular flexibility index (Phi) is 3.24. The van der Waals surface area contributed by atoms with Crippen molar-refractivity contribution in [2.24, 2.45) is 0 Å². The van der Waals surface area contributed by atoms with E-state index in [-0.39, 0.29) is 0 Å². The van der Waals surface area contributed by atoms with Crippen LogP contribution in [-0.2, 0) is 19.4 Å². The number of para-hydroxylation sites is 1. The van der Waals surface area contributed by atoms with E-state index in [9.17, 15) is 0 Å². The van der Waals surface area contributed by atoms with Gasteiger partial charge in [-0.3, -0.25) is 0 Å². The third kappa shape index (κ3) is 2.47. The number of aromatic amines is 1. The van der Waals surface area contributed by atoms with Gasteiger partial charge in [0.2, 0.25) is 0 Å². The number of fused-ring (bicyclic) bond motifs is 2. The Morgan fingerprint density at radius 2 is 1.81 bits per heavy atom. The van der Waals surface area contributed by atoms with Gasteiger partial charge in [0.25, 0.3) is 0 Å². The Morgan fingerprint density at radius 3 is 2.76 bits per heavy atom. The van der Waals surface area contributed by atoms with Crippen LogP contribution in [0.3, 0.4) is 0 Å². The van der Waals surface area contributed by atoms with Crippen LogP contribution in [0.15, 0.2) is 54.7 Å². The fourth-order valence-electron chi connectivity index (χ4n) is 3.40. The second-order valence-corrected chi connectivity index (χ2v) is 5.95. The number of aromatic nitrogens is 1. The third-order valence-electron chi connectivity index (χ3n) is 4.60. The van der Waals surface area contributed by atoms with Crippen LogP contribution in [0.2, 0.25) is 0 Å². The minimum Gasteiger partial charge on any atom is -0.361 e. The van der Waals surface area contributed by atoms with Crippen molar-refractivity contribution >= 4 is 10.9 Å². The average Bonchev–Trinajstić information content (AvgIpc) is 2.96. The fraction of sp³-hybridized carbons (Fsp3) is 0.263. The van der Waals surface area contributed by atoms with Gasteiger partial charge >= 0.3 is 0 Å². The lowest BCUT2D eigenvalue weighted by Crippen LogP contribution is -2.34. The van der Waals surface area contributed by atoms with Crippen molar-refractivity contribution in [1.82, 2.24) is 10.3 Å². The standard InChI is InChI=1S/C19H20N2/c1-2-6-15-11-17(10-9-14(15)5-1)20-12-16-13-21-19-8-4-3-7-18(16)19/h1-8,13,17,20-21H,9-12H2. The molecule has 0 saturated carbocycles. The predicted octanol–water partition coefficient (Wildman–Crippen LogP) is 3.82. The highest BCUT2D eigenvalue weighted by Crippen LogP contribution is 2.22. The Bertz CT molecular complexity index is 757. The number of aryl methyl sites for hydroxylation is 1. The van der Waals surface area contributed by atoms with Crippen LogP contribution in [0, 0.1) is 0 Å². The highest BCUT2D eigenvalue weighted by molar-refractivity contribution is 5.82. The van der Waals surface area contributed by atoms with Gasteiger partial charge in [-0.15, -0.1) is 0 Å². The van der Waals surface area contributed by atoms with Gasteiger partial charge in [-0.25, -0.2) is 0 Å². The quantitative estimate of drug-likeness (QED) is 0.748. The smallest absolute Gasteiger partial charge is 0.0457 e. The summed E-state index contributed by atoms with van der Waals surface area (Å²) in [6.45, 7) is 0.941. The van der Waals surface area contributed by atoms with Crippen molar-refractivity contribution in [1.29, 1.82) is 0 Å². The zero-order chi connectivity index (χ0) is 14.1. The number of hydrogen-bond acceptors (Lipinski definition) is 1. The van der Waals surface area contributed by atoms with E-state index in [0.29, 0.717) is 6.04 Å². The predicted molar refractivity (Wildman–Crippen MR) is 87.4 cm³/mol. The highest BCUT2D eigenvalue weighted by Gasteiger charge is 2.17. The average molecular weight is 276 g/mol. The number of H-pyrrole nitrogens is 1. The molecule has 1 aromatic heterocycles. The Morgan fingerprint density at radius 1 is 1.00 bits per heavy atom. The van der Waals surface area contributed by atoms with Crippen molar-refractivity contribution in [3.63, 3.8) is 0 Å². The number of hydrogen-bond donors (Lipinski definition) is 2. The largest absolute Gasteiger partial charge is 0.361 e. The van der Waals surface area contributed by atoms with Gasteiger partial charge in [-0.1, -0.05) is 42.5 Å². The van der Waals surface area contributed by atoms with E-state index in [1.165, 1.54) is 40.4 Å². The summed E-state index contributed by atoms with van der Waals surface area (Å²) in [7, 11) is 0. The molecule has 21 heavy (non-hydrogen) atoms. The summed E-state index contributed by atoms with van der Waals surface area (Å²) in [4.78, 5) is 3.35. The molecule has 1 heterocycles. The maximum atomic E-state index is 3.74. The molecule has 0 aliphatic heterocycles. The molecule has 2 aromatic carbocycles. The highest BCUT2D eigenvalue weighted by atomic mass is 14.9. The Balaban J connectivity index is 1.46. The van der Waals surface area contributed by atoms with Crippen LogP contribution < -0.4 is 5.32 Å². The van der Waals surface area contributed by atoms with Gasteiger partial charge in [0.15, 0.2) is 0 Å². The molecular weight excluding hydrogens is 256 g/mol. The maximum Gasteiger partial charge on any atom is 0.0457 e. The molecule has 106 valence electrons. The number of rotatable bonds is 3. The molecule has 0 fully saturated rings. The molecule has 0 spiro atoms. The molecule has 2 nitrogen and oxygen atoms in total. The van der Waals surface area contributed by atoms with E-state index in [1.54, 1.807) is 0 Å². The lowest BCUT2D eigenvalue weighted by Gasteiger charge is -2.25. The lowest BCUT2D eigenvalue weighted by molar-refractivity contribution is 0.458. The van der Waals surface area contributed by atoms with E-state index < -0.39 is 0 Å². The maximum absolute atomic E-state index is 3.74. The van der Waals surface area contributed by atoms with Crippen LogP contribution in [0.25, 0.3) is 10.9 Å². The SMILES string of the molecule is c1ccc2c(c1)CCC(NCc1c[nH]c3ccccc13)C2. The molecule has 0 amide bonds. The van der Waals surface area contributed by atoms with Gasteiger partial charge in [0.1, 0.15) is 0 Å². The number of benzene rings is 2. The molecular formula is C19H20N2. The summed E-state index contributed by atoms with van der Waals surface area (Å²) in [5, 5.41) is 5.07. The van der Waals surface area contributed by atoms with Gasteiger partial charge in [0, 0.05) is 29.7 Å². The molecule has 4 rings (SSSR count). The van der Waals surface area contributed by atoms with Crippen LogP contribution in [0.5, 0.6) is 0 Å².